The number of aromatic nitrogens is 3. The van der Waals surface area contributed by atoms with E-state index < -0.39 is 22.9 Å². The molecule has 172 valence electrons. The molecule has 10 heteroatoms. The summed E-state index contributed by atoms with van der Waals surface area (Å²) in [6.45, 7) is 0.952. The topological polar surface area (TPSA) is 59.8 Å². The fraction of sp³-hybridized carbons (Fsp3) is 0.261. The largest absolute Gasteiger partial charge is 0.416 e. The van der Waals surface area contributed by atoms with Crippen molar-refractivity contribution < 1.29 is 22.4 Å². The molecule has 0 radical (unpaired) electrons. The van der Waals surface area contributed by atoms with E-state index in [-0.39, 0.29) is 23.9 Å². The Morgan fingerprint density at radius 2 is 1.91 bits per heavy atom. The van der Waals surface area contributed by atoms with Crippen LogP contribution in [0.2, 0.25) is 0 Å². The summed E-state index contributed by atoms with van der Waals surface area (Å²) in [5.41, 5.74) is 0.953. The fourth-order valence-corrected chi connectivity index (χ4v) is 4.51. The minimum atomic E-state index is -4.56. The number of halogens is 5. The highest BCUT2D eigenvalue weighted by Crippen LogP contribution is 2.44. The van der Waals surface area contributed by atoms with Crippen LogP contribution in [0.4, 0.5) is 17.6 Å². The Kier molecular flexibility index (Phi) is 5.88. The van der Waals surface area contributed by atoms with Crippen molar-refractivity contribution in [1.82, 2.24) is 20.1 Å². The molecule has 1 N–H and O–H groups in total. The van der Waals surface area contributed by atoms with Gasteiger partial charge in [0.15, 0.2) is 5.78 Å². The van der Waals surface area contributed by atoms with Gasteiger partial charge < -0.3 is 5.32 Å². The number of hydrogen-bond acceptors (Lipinski definition) is 4. The van der Waals surface area contributed by atoms with Crippen molar-refractivity contribution in [2.24, 2.45) is 5.41 Å². The summed E-state index contributed by atoms with van der Waals surface area (Å²) in [5.74, 6) is -0.799. The second-order valence-electron chi connectivity index (χ2n) is 8.06. The zero-order valence-corrected chi connectivity index (χ0v) is 18.0. The van der Waals surface area contributed by atoms with Crippen LogP contribution in [0.1, 0.15) is 33.7 Å². The number of hydrogen-bond donors (Lipinski definition) is 1. The Labute approximate surface area is 192 Å². The van der Waals surface area contributed by atoms with Gasteiger partial charge in [-0.25, -0.2) is 9.07 Å². The lowest BCUT2D eigenvalue weighted by Crippen LogP contribution is -2.50. The molecule has 1 aliphatic carbocycles. The first kappa shape index (κ1) is 23.1. The lowest BCUT2D eigenvalue weighted by atomic mass is 9.65. The Morgan fingerprint density at radius 3 is 2.64 bits per heavy atom. The predicted octanol–water partition coefficient (Wildman–Crippen LogP) is 4.65. The third kappa shape index (κ3) is 3.95. The minimum Gasteiger partial charge on any atom is -0.315 e. The Balaban J connectivity index is 0.00000259. The number of nitrogens with one attached hydrogen (secondary N) is 1. The first-order chi connectivity index (χ1) is 15.3. The van der Waals surface area contributed by atoms with E-state index in [4.69, 9.17) is 0 Å². The van der Waals surface area contributed by atoms with Crippen molar-refractivity contribution in [3.05, 3.63) is 82.7 Å². The molecule has 1 atom stereocenters. The third-order valence-electron chi connectivity index (χ3n) is 6.13. The molecule has 1 saturated heterocycles. The SMILES string of the molecule is Cl.O=C(c1cc(C(F)(F)F)ccn1)[C@@]12CNCCC1=Cc1c(cnn1-c1ccc(F)cc1)C2. The smallest absolute Gasteiger partial charge is 0.315 e. The van der Waals surface area contributed by atoms with Crippen molar-refractivity contribution in [2.45, 2.75) is 19.0 Å². The standard InChI is InChI=1S/C23H18F4N4O.ClH/c24-17-1-3-18(4-2-17)31-20-10-15-5-7-28-13-22(15,11-14(20)12-30-31)21(32)19-9-16(6-8-29-19)23(25,26)27;/h1-4,6,8-10,12,28H,5,7,11,13H2;1H/t22-;/m0./s1. The van der Waals surface area contributed by atoms with Gasteiger partial charge in [0.2, 0.25) is 0 Å². The summed E-state index contributed by atoms with van der Waals surface area (Å²) >= 11 is 0. The van der Waals surface area contributed by atoms with E-state index in [1.807, 2.05) is 6.08 Å². The van der Waals surface area contributed by atoms with Crippen molar-refractivity contribution in [3.63, 3.8) is 0 Å². The van der Waals surface area contributed by atoms with Gasteiger partial charge in [-0.05, 0) is 67.4 Å². The van der Waals surface area contributed by atoms with Crippen LogP contribution in [0.3, 0.4) is 0 Å². The quantitative estimate of drug-likeness (QED) is 0.440. The molecule has 0 amide bonds. The summed E-state index contributed by atoms with van der Waals surface area (Å²) in [6, 6.07) is 7.59. The molecular formula is C23H19ClF4N4O. The van der Waals surface area contributed by atoms with Crippen LogP contribution in [-0.2, 0) is 12.6 Å². The molecule has 0 saturated carbocycles. The molecule has 1 aromatic carbocycles. The average molecular weight is 479 g/mol. The van der Waals surface area contributed by atoms with Gasteiger partial charge >= 0.3 is 6.18 Å². The Morgan fingerprint density at radius 1 is 1.15 bits per heavy atom. The van der Waals surface area contributed by atoms with Gasteiger partial charge in [-0.2, -0.15) is 18.3 Å². The lowest BCUT2D eigenvalue weighted by Gasteiger charge is -2.41. The lowest BCUT2D eigenvalue weighted by molar-refractivity contribution is -0.137. The maximum Gasteiger partial charge on any atom is 0.416 e. The number of nitrogens with zero attached hydrogens (tertiary/aromatic N) is 3. The number of pyridine rings is 1. The summed E-state index contributed by atoms with van der Waals surface area (Å²) < 4.78 is 54.6. The number of carbonyl (C=O) groups excluding carboxylic acids is 1. The second-order valence-corrected chi connectivity index (χ2v) is 8.06. The molecular weight excluding hydrogens is 460 g/mol. The zero-order valence-electron chi connectivity index (χ0n) is 17.2. The average Bonchev–Trinajstić information content (AvgIpc) is 3.19. The van der Waals surface area contributed by atoms with Gasteiger partial charge in [0, 0.05) is 12.7 Å². The van der Waals surface area contributed by atoms with Crippen LogP contribution in [-0.4, -0.2) is 33.6 Å². The molecule has 5 nitrogen and oxygen atoms in total. The molecule has 2 aromatic heterocycles. The van der Waals surface area contributed by atoms with E-state index >= 15 is 0 Å². The van der Waals surface area contributed by atoms with Crippen LogP contribution in [0.5, 0.6) is 0 Å². The van der Waals surface area contributed by atoms with Crippen molar-refractivity contribution in [1.29, 1.82) is 0 Å². The van der Waals surface area contributed by atoms with Gasteiger partial charge in [-0.3, -0.25) is 9.78 Å². The number of benzene rings is 1. The number of carbonyl (C=O) groups is 1. The summed E-state index contributed by atoms with van der Waals surface area (Å²) in [6.07, 6.45) is 0.858. The van der Waals surface area contributed by atoms with E-state index in [2.05, 4.69) is 15.4 Å². The van der Waals surface area contributed by atoms with E-state index in [1.54, 1.807) is 23.0 Å². The maximum atomic E-state index is 13.6. The van der Waals surface area contributed by atoms with Gasteiger partial charge in [-0.1, -0.05) is 5.57 Å². The fourth-order valence-electron chi connectivity index (χ4n) is 4.51. The van der Waals surface area contributed by atoms with Gasteiger partial charge in [0.1, 0.15) is 11.5 Å². The van der Waals surface area contributed by atoms with Crippen LogP contribution in [0.25, 0.3) is 11.8 Å². The monoisotopic (exact) mass is 478 g/mol. The Hall–Kier alpha value is -3.04. The normalized spacial score (nSPS) is 19.7. The Bertz CT molecular complexity index is 1240. The van der Waals surface area contributed by atoms with E-state index in [0.717, 1.165) is 35.2 Å². The van der Waals surface area contributed by atoms with Crippen molar-refractivity contribution in [3.8, 4) is 5.69 Å². The molecule has 33 heavy (non-hydrogen) atoms. The number of alkyl halides is 3. The molecule has 3 heterocycles. The highest BCUT2D eigenvalue weighted by Gasteiger charge is 2.47. The first-order valence-corrected chi connectivity index (χ1v) is 10.1. The van der Waals surface area contributed by atoms with Gasteiger partial charge in [0.25, 0.3) is 0 Å². The van der Waals surface area contributed by atoms with Crippen LogP contribution in [0.15, 0.2) is 54.4 Å². The number of piperidine rings is 1. The third-order valence-corrected chi connectivity index (χ3v) is 6.13. The first-order valence-electron chi connectivity index (χ1n) is 10.1. The van der Waals surface area contributed by atoms with Crippen molar-refractivity contribution in [2.75, 3.05) is 13.1 Å². The molecule has 0 unspecified atom stereocenters. The van der Waals surface area contributed by atoms with E-state index in [9.17, 15) is 22.4 Å². The van der Waals surface area contributed by atoms with Crippen LogP contribution >= 0.6 is 12.4 Å². The molecule has 0 bridgehead atoms. The maximum absolute atomic E-state index is 13.6. The van der Waals surface area contributed by atoms with Crippen molar-refractivity contribution >= 4 is 24.3 Å². The van der Waals surface area contributed by atoms with Crippen LogP contribution in [0, 0.1) is 11.2 Å². The summed E-state index contributed by atoms with van der Waals surface area (Å²) in [7, 11) is 0. The number of rotatable bonds is 3. The number of fused-ring (bicyclic) bond motifs is 2. The summed E-state index contributed by atoms with van der Waals surface area (Å²) in [4.78, 5) is 17.5. The number of Topliss-reactive ketones (excluding diaryl/α,β-unsaturated/α-hetero) is 1. The number of ketones is 1. The predicted molar refractivity (Wildman–Crippen MR) is 116 cm³/mol. The molecule has 3 aromatic rings. The zero-order chi connectivity index (χ0) is 22.5. The molecule has 5 rings (SSSR count). The second kappa shape index (κ2) is 8.39. The van der Waals surface area contributed by atoms with Gasteiger partial charge in [0.05, 0.1) is 28.6 Å². The van der Waals surface area contributed by atoms with E-state index in [1.165, 1.54) is 12.1 Å². The highest BCUT2D eigenvalue weighted by atomic mass is 35.5. The molecule has 2 aliphatic rings. The molecule has 1 fully saturated rings. The van der Waals surface area contributed by atoms with Crippen LogP contribution < -0.4 is 5.32 Å². The molecule has 0 spiro atoms. The van der Waals surface area contributed by atoms with E-state index in [0.29, 0.717) is 31.6 Å². The van der Waals surface area contributed by atoms with Gasteiger partial charge in [-0.15, -0.1) is 12.4 Å². The summed E-state index contributed by atoms with van der Waals surface area (Å²) in [5, 5.41) is 7.63. The molecule has 1 aliphatic heterocycles. The highest BCUT2D eigenvalue weighted by molar-refractivity contribution is 6.03. The minimum absolute atomic E-state index is 0.